The Hall–Kier alpha value is -2.86. The van der Waals surface area contributed by atoms with Crippen molar-refractivity contribution < 1.29 is 24.2 Å². The van der Waals surface area contributed by atoms with Gasteiger partial charge in [-0.1, -0.05) is 48.5 Å². The van der Waals surface area contributed by atoms with Crippen LogP contribution in [0.1, 0.15) is 36.8 Å². The third-order valence-electron chi connectivity index (χ3n) is 6.20. The Bertz CT molecular complexity index is 933. The van der Waals surface area contributed by atoms with Crippen molar-refractivity contribution in [2.45, 2.75) is 42.9 Å². The molecule has 0 spiro atoms. The van der Waals surface area contributed by atoms with Crippen LogP contribution >= 0.6 is 0 Å². The number of fused-ring (bicyclic) bond motifs is 4. The Labute approximate surface area is 162 Å². The maximum Gasteiger partial charge on any atom is 0.407 e. The molecule has 1 atom stereocenters. The quantitative estimate of drug-likeness (QED) is 0.851. The first-order valence-electron chi connectivity index (χ1n) is 9.45. The topological polar surface area (TPSA) is 84.9 Å². The molecule has 6 rings (SSSR count). The molecule has 144 valence electrons. The second kappa shape index (κ2) is 5.82. The molecule has 4 aliphatic rings. The second-order valence-corrected chi connectivity index (χ2v) is 8.25. The van der Waals surface area contributed by atoms with Crippen molar-refractivity contribution in [3.05, 3.63) is 59.7 Å². The van der Waals surface area contributed by atoms with E-state index >= 15 is 0 Å². The van der Waals surface area contributed by atoms with Crippen molar-refractivity contribution in [2.24, 2.45) is 0 Å². The van der Waals surface area contributed by atoms with E-state index in [2.05, 4.69) is 29.6 Å². The van der Waals surface area contributed by atoms with Gasteiger partial charge in [-0.15, -0.1) is 0 Å². The summed E-state index contributed by atoms with van der Waals surface area (Å²) in [6, 6.07) is 16.3. The van der Waals surface area contributed by atoms with Gasteiger partial charge in [0.05, 0.1) is 11.1 Å². The normalized spacial score (nSPS) is 29.5. The fraction of sp³-hybridized carbons (Fsp3) is 0.364. The predicted octanol–water partition coefficient (Wildman–Crippen LogP) is 3.30. The minimum absolute atomic E-state index is 0.0302. The molecule has 2 N–H and O–H groups in total. The number of hydrogen-bond acceptors (Lipinski definition) is 4. The van der Waals surface area contributed by atoms with Crippen molar-refractivity contribution in [3.8, 4) is 11.1 Å². The van der Waals surface area contributed by atoms with E-state index in [-0.39, 0.29) is 12.5 Å². The number of alkyl carbamates (subject to hydrolysis) is 1. The highest BCUT2D eigenvalue weighted by Crippen LogP contribution is 2.55. The first-order valence-corrected chi connectivity index (χ1v) is 9.45. The number of rotatable bonds is 4. The Morgan fingerprint density at radius 1 is 1.11 bits per heavy atom. The molecule has 1 amide bonds. The molecule has 0 aromatic heterocycles. The van der Waals surface area contributed by atoms with Gasteiger partial charge in [-0.3, -0.25) is 0 Å². The molecule has 2 aromatic rings. The molecule has 28 heavy (non-hydrogen) atoms. The lowest BCUT2D eigenvalue weighted by atomic mass is 9.67. The first-order chi connectivity index (χ1) is 13.4. The van der Waals surface area contributed by atoms with Crippen LogP contribution in [0.25, 0.3) is 11.1 Å². The van der Waals surface area contributed by atoms with Crippen LogP contribution in [0.15, 0.2) is 48.5 Å². The zero-order valence-electron chi connectivity index (χ0n) is 15.5. The number of hydrogen-bond donors (Lipinski definition) is 2. The molecule has 2 heterocycles. The van der Waals surface area contributed by atoms with Gasteiger partial charge in [0.2, 0.25) is 0 Å². The fourth-order valence-corrected chi connectivity index (χ4v) is 5.23. The molecule has 3 fully saturated rings. The minimum Gasteiger partial charge on any atom is -0.479 e. The molecular formula is C22H21NO5. The number of carboxylic acids is 1. The van der Waals surface area contributed by atoms with E-state index in [4.69, 9.17) is 9.47 Å². The summed E-state index contributed by atoms with van der Waals surface area (Å²) in [4.78, 5) is 24.0. The molecule has 2 bridgehead atoms. The van der Waals surface area contributed by atoms with E-state index in [9.17, 15) is 14.7 Å². The fourth-order valence-electron chi connectivity index (χ4n) is 5.23. The van der Waals surface area contributed by atoms with Gasteiger partial charge in [0, 0.05) is 18.8 Å². The van der Waals surface area contributed by atoms with E-state index in [0.29, 0.717) is 12.8 Å². The average Bonchev–Trinajstić information content (AvgIpc) is 3.23. The molecule has 6 nitrogen and oxygen atoms in total. The SMILES string of the molecule is CC12CC(NC(=O)OCC3c4ccccc4-c4ccccc43)(C1)C(C(=O)O)O2. The molecule has 2 aliphatic carbocycles. The van der Waals surface area contributed by atoms with Crippen LogP contribution in [0.3, 0.4) is 0 Å². The van der Waals surface area contributed by atoms with Crippen molar-refractivity contribution >= 4 is 12.1 Å². The van der Waals surface area contributed by atoms with E-state index in [1.54, 1.807) is 0 Å². The Kier molecular flexibility index (Phi) is 3.58. The van der Waals surface area contributed by atoms with E-state index in [1.807, 2.05) is 31.2 Å². The molecule has 1 unspecified atom stereocenters. The zero-order valence-corrected chi connectivity index (χ0v) is 15.5. The van der Waals surface area contributed by atoms with Gasteiger partial charge in [0.25, 0.3) is 0 Å². The van der Waals surface area contributed by atoms with E-state index in [1.165, 1.54) is 0 Å². The smallest absolute Gasteiger partial charge is 0.407 e. The van der Waals surface area contributed by atoms with Gasteiger partial charge in [-0.25, -0.2) is 9.59 Å². The van der Waals surface area contributed by atoms with Crippen molar-refractivity contribution in [1.82, 2.24) is 5.32 Å². The molecule has 2 saturated heterocycles. The highest BCUT2D eigenvalue weighted by molar-refractivity contribution is 5.80. The number of carboxylic acid groups (broad SMARTS) is 1. The van der Waals surface area contributed by atoms with Crippen LogP contribution < -0.4 is 5.32 Å². The van der Waals surface area contributed by atoms with Crippen LogP contribution in [-0.2, 0) is 14.3 Å². The summed E-state index contributed by atoms with van der Waals surface area (Å²) in [6.45, 7) is 2.07. The molecule has 2 aliphatic heterocycles. The number of aliphatic carboxylic acids is 1. The number of benzene rings is 2. The van der Waals surface area contributed by atoms with Crippen molar-refractivity contribution in [1.29, 1.82) is 0 Å². The molecular weight excluding hydrogens is 358 g/mol. The summed E-state index contributed by atoms with van der Waals surface area (Å²) < 4.78 is 11.1. The Morgan fingerprint density at radius 3 is 2.25 bits per heavy atom. The highest BCUT2D eigenvalue weighted by atomic mass is 16.6. The molecule has 0 radical (unpaired) electrons. The van der Waals surface area contributed by atoms with Gasteiger partial charge in [0.1, 0.15) is 6.61 Å². The zero-order chi connectivity index (χ0) is 19.5. The molecule has 1 saturated carbocycles. The van der Waals surface area contributed by atoms with Crippen LogP contribution in [0.5, 0.6) is 0 Å². The summed E-state index contributed by atoms with van der Waals surface area (Å²) in [6.07, 6.45) is -0.652. The summed E-state index contributed by atoms with van der Waals surface area (Å²) in [5.74, 6) is -1.09. The Balaban J connectivity index is 1.31. The average molecular weight is 379 g/mol. The summed E-state index contributed by atoms with van der Waals surface area (Å²) >= 11 is 0. The van der Waals surface area contributed by atoms with Crippen molar-refractivity contribution in [2.75, 3.05) is 6.61 Å². The van der Waals surface area contributed by atoms with Gasteiger partial charge in [0.15, 0.2) is 6.10 Å². The third-order valence-corrected chi connectivity index (χ3v) is 6.20. The lowest BCUT2D eigenvalue weighted by molar-refractivity contribution is -0.150. The molecule has 6 heteroatoms. The van der Waals surface area contributed by atoms with Gasteiger partial charge in [-0.2, -0.15) is 0 Å². The summed E-state index contributed by atoms with van der Waals surface area (Å²) in [7, 11) is 0. The van der Waals surface area contributed by atoms with E-state index in [0.717, 1.165) is 22.3 Å². The van der Waals surface area contributed by atoms with Crippen molar-refractivity contribution in [3.63, 3.8) is 0 Å². The number of carbonyl (C=O) groups excluding carboxylic acids is 1. The van der Waals surface area contributed by atoms with E-state index < -0.39 is 29.3 Å². The lowest BCUT2D eigenvalue weighted by Gasteiger charge is -2.42. The van der Waals surface area contributed by atoms with Crippen LogP contribution in [-0.4, -0.2) is 41.0 Å². The maximum absolute atomic E-state index is 12.5. The Morgan fingerprint density at radius 2 is 1.68 bits per heavy atom. The highest BCUT2D eigenvalue weighted by Gasteiger charge is 2.69. The largest absolute Gasteiger partial charge is 0.479 e. The first kappa shape index (κ1) is 17.3. The number of ether oxygens (including phenoxy) is 2. The minimum atomic E-state index is -1.06. The third kappa shape index (κ3) is 2.44. The monoisotopic (exact) mass is 379 g/mol. The number of carbonyl (C=O) groups is 2. The van der Waals surface area contributed by atoms with Gasteiger partial charge < -0.3 is 19.9 Å². The summed E-state index contributed by atoms with van der Waals surface area (Å²) in [5, 5.41) is 12.2. The number of amides is 1. The van der Waals surface area contributed by atoms with Crippen LogP contribution in [0.2, 0.25) is 0 Å². The maximum atomic E-state index is 12.5. The predicted molar refractivity (Wildman–Crippen MR) is 101 cm³/mol. The molecule has 2 aromatic carbocycles. The van der Waals surface area contributed by atoms with Crippen LogP contribution in [0, 0.1) is 0 Å². The lowest BCUT2D eigenvalue weighted by Crippen LogP contribution is -2.62. The number of nitrogens with one attached hydrogen (secondary N) is 1. The van der Waals surface area contributed by atoms with Crippen LogP contribution in [0.4, 0.5) is 4.79 Å². The van der Waals surface area contributed by atoms with Gasteiger partial charge >= 0.3 is 12.1 Å². The summed E-state index contributed by atoms with van der Waals surface area (Å²) in [5.41, 5.74) is 3.26. The van der Waals surface area contributed by atoms with Gasteiger partial charge in [-0.05, 0) is 29.2 Å². The standard InChI is InChI=1S/C22H21NO5/c1-21-11-22(12-21,18(28-21)19(24)25)23-20(26)27-10-17-15-8-4-2-6-13(15)14-7-3-5-9-16(14)17/h2-9,17-18H,10-12H2,1H3,(H,23,26)(H,24,25). The second-order valence-electron chi connectivity index (χ2n) is 8.25.